The number of rotatable bonds is 5. The Morgan fingerprint density at radius 2 is 0.793 bits per heavy atom. The lowest BCUT2D eigenvalue weighted by molar-refractivity contribution is 0.635. The van der Waals surface area contributed by atoms with Crippen molar-refractivity contribution >= 4 is 0 Å². The van der Waals surface area contributed by atoms with E-state index in [-0.39, 0.29) is 0 Å². The van der Waals surface area contributed by atoms with Crippen molar-refractivity contribution in [3.63, 3.8) is 0 Å². The van der Waals surface area contributed by atoms with Gasteiger partial charge in [0.1, 0.15) is 0 Å². The van der Waals surface area contributed by atoms with Crippen molar-refractivity contribution in [3.05, 3.63) is 95.1 Å². The summed E-state index contributed by atoms with van der Waals surface area (Å²) in [6.45, 7) is 4.33. The molecule has 0 aromatic heterocycles. The molecule has 0 radical (unpaired) electrons. The van der Waals surface area contributed by atoms with Crippen LogP contribution in [0.15, 0.2) is 72.8 Å². The van der Waals surface area contributed by atoms with Crippen LogP contribution >= 0.6 is 0 Å². The molecule has 3 rings (SSSR count). The van der Waals surface area contributed by atoms with Crippen molar-refractivity contribution in [1.29, 1.82) is 0 Å². The minimum absolute atomic E-state index is 0.500. The van der Waals surface area contributed by atoms with E-state index in [1.807, 2.05) is 0 Å². The van der Waals surface area contributed by atoms with Crippen LogP contribution in [0.3, 0.4) is 0 Å². The van der Waals surface area contributed by atoms with Crippen LogP contribution in [0.2, 0.25) is 0 Å². The zero-order valence-electron chi connectivity index (χ0n) is 18.2. The van der Waals surface area contributed by atoms with Gasteiger partial charge in [-0.05, 0) is 54.0 Å². The number of aryl methyl sites for hydroxylation is 4. The highest BCUT2D eigenvalue weighted by atomic mass is 19.1. The molecule has 0 spiro atoms. The van der Waals surface area contributed by atoms with Gasteiger partial charge in [-0.15, -0.1) is 0 Å². The molecule has 0 unspecified atom stereocenters. The first-order chi connectivity index (χ1) is 14.2. The molecule has 0 aliphatic rings. The molecule has 29 heavy (non-hydrogen) atoms. The fraction of sp³-hybridized carbons (Fsp3) is 0.308. The van der Waals surface area contributed by atoms with Gasteiger partial charge in [0, 0.05) is 0 Å². The SMILES string of the molecule is CCc1ccc(-c2ccc(CCc3ccc(C)cc3)cc2)cc1.CF.CF.CF. The summed E-state index contributed by atoms with van der Waals surface area (Å²) in [5.41, 5.74) is 8.13. The van der Waals surface area contributed by atoms with Gasteiger partial charge in [-0.2, -0.15) is 0 Å². The number of hydrogen-bond acceptors (Lipinski definition) is 0. The van der Waals surface area contributed by atoms with Crippen molar-refractivity contribution in [2.75, 3.05) is 21.5 Å². The Hall–Kier alpha value is -2.55. The van der Waals surface area contributed by atoms with Gasteiger partial charge < -0.3 is 0 Å². The second-order valence-corrected chi connectivity index (χ2v) is 6.23. The summed E-state index contributed by atoms with van der Waals surface area (Å²) in [6, 6.07) is 26.8. The van der Waals surface area contributed by atoms with E-state index in [2.05, 4.69) is 86.6 Å². The van der Waals surface area contributed by atoms with Crippen molar-refractivity contribution in [1.82, 2.24) is 0 Å². The molecular weight excluding hydrogens is 369 g/mol. The van der Waals surface area contributed by atoms with Crippen molar-refractivity contribution in [3.8, 4) is 11.1 Å². The molecule has 0 atom stereocenters. The number of alkyl halides is 3. The maximum Gasteiger partial charge on any atom is 0.0785 e. The van der Waals surface area contributed by atoms with Crippen LogP contribution in [-0.4, -0.2) is 21.5 Å². The summed E-state index contributed by atoms with van der Waals surface area (Å²) >= 11 is 0. The Balaban J connectivity index is 0.00000120. The molecule has 0 saturated heterocycles. The first-order valence-corrected chi connectivity index (χ1v) is 9.62. The average molecular weight is 403 g/mol. The smallest absolute Gasteiger partial charge is 0.0785 e. The van der Waals surface area contributed by atoms with E-state index in [0.29, 0.717) is 21.5 Å². The maximum absolute atomic E-state index is 9.50. The minimum atomic E-state index is 0.500. The molecule has 3 heteroatoms. The molecule has 0 amide bonds. The first kappa shape index (κ1) is 26.5. The maximum atomic E-state index is 9.50. The third-order valence-electron chi connectivity index (χ3n) is 4.47. The van der Waals surface area contributed by atoms with Crippen LogP contribution in [0, 0.1) is 6.92 Å². The summed E-state index contributed by atoms with van der Waals surface area (Å²) in [5, 5.41) is 0. The summed E-state index contributed by atoms with van der Waals surface area (Å²) < 4.78 is 28.5. The quantitative estimate of drug-likeness (QED) is 0.409. The number of halogens is 3. The first-order valence-electron chi connectivity index (χ1n) is 9.62. The van der Waals surface area contributed by atoms with E-state index < -0.39 is 0 Å². The van der Waals surface area contributed by atoms with Gasteiger partial charge >= 0.3 is 0 Å². The Labute approximate surface area is 174 Å². The van der Waals surface area contributed by atoms with Gasteiger partial charge in [-0.25, -0.2) is 0 Å². The molecule has 0 nitrogen and oxygen atoms in total. The van der Waals surface area contributed by atoms with E-state index in [1.54, 1.807) is 0 Å². The van der Waals surface area contributed by atoms with E-state index in [0.717, 1.165) is 19.3 Å². The van der Waals surface area contributed by atoms with E-state index in [9.17, 15) is 13.2 Å². The minimum Gasteiger partial charge on any atom is -0.255 e. The molecule has 158 valence electrons. The summed E-state index contributed by atoms with van der Waals surface area (Å²) in [7, 11) is 1.50. The second-order valence-electron chi connectivity index (χ2n) is 6.23. The predicted molar refractivity (Wildman–Crippen MR) is 121 cm³/mol. The molecule has 3 aromatic rings. The lowest BCUT2D eigenvalue weighted by Gasteiger charge is -2.06. The van der Waals surface area contributed by atoms with Gasteiger partial charge in [-0.1, -0.05) is 85.3 Å². The molecule has 0 aliphatic heterocycles. The molecule has 0 aliphatic carbocycles. The summed E-state index contributed by atoms with van der Waals surface area (Å²) in [4.78, 5) is 0. The van der Waals surface area contributed by atoms with Crippen LogP contribution in [0.4, 0.5) is 13.2 Å². The lowest BCUT2D eigenvalue weighted by atomic mass is 9.99. The molecule has 3 aromatic carbocycles. The predicted octanol–water partition coefficient (Wildman–Crippen LogP) is 7.77. The molecule has 0 N–H and O–H groups in total. The van der Waals surface area contributed by atoms with Gasteiger partial charge in [0.2, 0.25) is 0 Å². The second kappa shape index (κ2) is 16.4. The molecule has 0 heterocycles. The van der Waals surface area contributed by atoms with Gasteiger partial charge in [0.05, 0.1) is 21.5 Å². The number of benzene rings is 3. The van der Waals surface area contributed by atoms with E-state index in [1.165, 1.54) is 33.4 Å². The third kappa shape index (κ3) is 9.47. The van der Waals surface area contributed by atoms with E-state index in [4.69, 9.17) is 0 Å². The van der Waals surface area contributed by atoms with Gasteiger partial charge in [0.25, 0.3) is 0 Å². The van der Waals surface area contributed by atoms with Gasteiger partial charge in [0.15, 0.2) is 0 Å². The average Bonchev–Trinajstić information content (AvgIpc) is 2.83. The fourth-order valence-electron chi connectivity index (χ4n) is 2.84. The Morgan fingerprint density at radius 3 is 1.14 bits per heavy atom. The highest BCUT2D eigenvalue weighted by Gasteiger charge is 2.00. The zero-order chi connectivity index (χ0) is 22.1. The molecule has 0 bridgehead atoms. The Morgan fingerprint density at radius 1 is 0.483 bits per heavy atom. The standard InChI is InChI=1S/C23H24.3CH3F/c1-3-19-10-14-22(15-11-19)23-16-12-21(13-17-23)9-8-20-6-4-18(2)5-7-20;3*1-2/h4-7,10-17H,3,8-9H2,1-2H3;3*1H3. The van der Waals surface area contributed by atoms with Gasteiger partial charge in [-0.3, -0.25) is 13.2 Å². The van der Waals surface area contributed by atoms with Crippen molar-refractivity contribution in [2.45, 2.75) is 33.1 Å². The number of hydrogen-bond donors (Lipinski definition) is 0. The lowest BCUT2D eigenvalue weighted by Crippen LogP contribution is -1.91. The molecule has 0 fully saturated rings. The summed E-state index contributed by atoms with van der Waals surface area (Å²) in [6.07, 6.45) is 3.29. The highest BCUT2D eigenvalue weighted by Crippen LogP contribution is 2.21. The van der Waals surface area contributed by atoms with E-state index >= 15 is 0 Å². The molecule has 0 saturated carbocycles. The fourth-order valence-corrected chi connectivity index (χ4v) is 2.84. The molecular formula is C26H33F3. The van der Waals surface area contributed by atoms with Crippen LogP contribution in [0.5, 0.6) is 0 Å². The summed E-state index contributed by atoms with van der Waals surface area (Å²) in [5.74, 6) is 0. The third-order valence-corrected chi connectivity index (χ3v) is 4.47. The van der Waals surface area contributed by atoms with Crippen LogP contribution < -0.4 is 0 Å². The van der Waals surface area contributed by atoms with Crippen LogP contribution in [0.25, 0.3) is 11.1 Å². The normalized spacial score (nSPS) is 9.10. The van der Waals surface area contributed by atoms with Crippen LogP contribution in [-0.2, 0) is 19.3 Å². The van der Waals surface area contributed by atoms with Crippen LogP contribution in [0.1, 0.15) is 29.2 Å². The highest BCUT2D eigenvalue weighted by molar-refractivity contribution is 5.64. The topological polar surface area (TPSA) is 0 Å². The zero-order valence-corrected chi connectivity index (χ0v) is 18.2. The Kier molecular flexibility index (Phi) is 15.0. The largest absolute Gasteiger partial charge is 0.255 e. The van der Waals surface area contributed by atoms with Crippen molar-refractivity contribution in [2.24, 2.45) is 0 Å². The van der Waals surface area contributed by atoms with Crippen molar-refractivity contribution < 1.29 is 13.2 Å². The Bertz CT molecular complexity index is 745. The monoisotopic (exact) mass is 402 g/mol.